The van der Waals surface area contributed by atoms with Gasteiger partial charge in [-0.05, 0) is 21.9 Å². The topological polar surface area (TPSA) is 75.5 Å². The number of hydrogen-bond acceptors (Lipinski definition) is 4. The van der Waals surface area contributed by atoms with Crippen LogP contribution in [0, 0.1) is 0 Å². The van der Waals surface area contributed by atoms with E-state index in [1.54, 1.807) is 6.07 Å². The number of hydrogen-bond donors (Lipinski definition) is 0. The standard InChI is InChI=1S/C20H17NO3.2K/c22-19-11-10-14-6-4-5-9-16(14)17(19)13-21-18(12-20(23)24)15-7-2-1-3-8-15;;/h1-11,13,18,22H,12H2,(H,23,24);;/q;2*+1/p-2/t18-;;/m1../s1. The van der Waals surface area contributed by atoms with Crippen molar-refractivity contribution in [2.24, 2.45) is 4.99 Å². The quantitative estimate of drug-likeness (QED) is 0.329. The van der Waals surface area contributed by atoms with E-state index < -0.39 is 12.0 Å². The molecule has 3 rings (SSSR count). The molecular weight excluding hydrogens is 380 g/mol. The van der Waals surface area contributed by atoms with Crippen LogP contribution in [0.1, 0.15) is 23.6 Å². The molecule has 0 N–H and O–H groups in total. The zero-order valence-electron chi connectivity index (χ0n) is 14.9. The predicted molar refractivity (Wildman–Crippen MR) is 89.8 cm³/mol. The van der Waals surface area contributed by atoms with Crippen LogP contribution in [0.3, 0.4) is 0 Å². The van der Waals surface area contributed by atoms with E-state index in [0.717, 1.165) is 16.3 Å². The van der Waals surface area contributed by atoms with Crippen molar-refractivity contribution in [3.63, 3.8) is 0 Å². The molecule has 0 unspecified atom stereocenters. The third-order valence-corrected chi connectivity index (χ3v) is 3.86. The van der Waals surface area contributed by atoms with Gasteiger partial charge in [-0.1, -0.05) is 72.5 Å². The molecule has 4 nitrogen and oxygen atoms in total. The average molecular weight is 396 g/mol. The predicted octanol–water partition coefficient (Wildman–Crippen LogP) is -3.78. The molecule has 0 aliphatic carbocycles. The van der Waals surface area contributed by atoms with Gasteiger partial charge in [-0.2, -0.15) is 0 Å². The molecule has 3 aromatic rings. The first-order valence-corrected chi connectivity index (χ1v) is 7.62. The summed E-state index contributed by atoms with van der Waals surface area (Å²) in [5.74, 6) is -1.32. The van der Waals surface area contributed by atoms with Gasteiger partial charge in [0.25, 0.3) is 0 Å². The van der Waals surface area contributed by atoms with Crippen molar-refractivity contribution in [2.75, 3.05) is 0 Å². The van der Waals surface area contributed by atoms with Crippen molar-refractivity contribution in [3.8, 4) is 5.75 Å². The van der Waals surface area contributed by atoms with Crippen molar-refractivity contribution in [2.45, 2.75) is 12.5 Å². The molecule has 26 heavy (non-hydrogen) atoms. The molecule has 0 heterocycles. The van der Waals surface area contributed by atoms with Crippen LogP contribution < -0.4 is 113 Å². The van der Waals surface area contributed by atoms with Crippen LogP contribution in [0.25, 0.3) is 10.8 Å². The van der Waals surface area contributed by atoms with Crippen LogP contribution in [0.4, 0.5) is 0 Å². The molecule has 120 valence electrons. The van der Waals surface area contributed by atoms with E-state index in [9.17, 15) is 15.0 Å². The van der Waals surface area contributed by atoms with Gasteiger partial charge in [-0.25, -0.2) is 0 Å². The molecule has 0 bridgehead atoms. The summed E-state index contributed by atoms with van der Waals surface area (Å²) in [6.45, 7) is 0. The fourth-order valence-corrected chi connectivity index (χ4v) is 2.66. The zero-order valence-corrected chi connectivity index (χ0v) is 21.1. The SMILES string of the molecule is O=C([O-])C[C@@H](N=Cc1c([O-])ccc2ccccc12)c1ccccc1.[K+].[K+]. The first-order valence-electron chi connectivity index (χ1n) is 7.62. The molecule has 1 atom stereocenters. The molecule has 0 amide bonds. The molecule has 0 aliphatic heterocycles. The number of benzene rings is 3. The normalized spacial score (nSPS) is 11.5. The maximum atomic E-state index is 12.2. The molecule has 0 spiro atoms. The van der Waals surface area contributed by atoms with E-state index >= 15 is 0 Å². The maximum absolute atomic E-state index is 12.2. The Labute approximate surface area is 237 Å². The summed E-state index contributed by atoms with van der Waals surface area (Å²) in [5.41, 5.74) is 1.23. The minimum absolute atomic E-state index is 0. The third-order valence-electron chi connectivity index (χ3n) is 3.86. The molecule has 0 radical (unpaired) electrons. The number of aliphatic carboxylic acids is 1. The van der Waals surface area contributed by atoms with Gasteiger partial charge in [0, 0.05) is 18.6 Å². The molecule has 0 aliphatic rings. The monoisotopic (exact) mass is 395 g/mol. The summed E-state index contributed by atoms with van der Waals surface area (Å²) in [6, 6.07) is 19.3. The van der Waals surface area contributed by atoms with Gasteiger partial charge in [-0.15, -0.1) is 0 Å². The van der Waals surface area contributed by atoms with Crippen molar-refractivity contribution < 1.29 is 118 Å². The number of carboxylic acid groups (broad SMARTS) is 1. The van der Waals surface area contributed by atoms with Gasteiger partial charge >= 0.3 is 103 Å². The van der Waals surface area contributed by atoms with Gasteiger partial charge in [0.15, 0.2) is 0 Å². The van der Waals surface area contributed by atoms with E-state index in [2.05, 4.69) is 4.99 Å². The van der Waals surface area contributed by atoms with E-state index in [-0.39, 0.29) is 115 Å². The summed E-state index contributed by atoms with van der Waals surface area (Å²) in [7, 11) is 0. The van der Waals surface area contributed by atoms with Gasteiger partial charge in [0.1, 0.15) is 0 Å². The van der Waals surface area contributed by atoms with Gasteiger partial charge in [0.05, 0.1) is 6.04 Å². The Morgan fingerprint density at radius 2 is 1.62 bits per heavy atom. The summed E-state index contributed by atoms with van der Waals surface area (Å²) < 4.78 is 0. The average Bonchev–Trinajstić information content (AvgIpc) is 2.60. The smallest absolute Gasteiger partial charge is 0.872 e. The van der Waals surface area contributed by atoms with Crippen LogP contribution in [-0.4, -0.2) is 12.2 Å². The van der Waals surface area contributed by atoms with Crippen LogP contribution >= 0.6 is 0 Å². The Kier molecular flexibility index (Phi) is 11.0. The molecule has 6 heteroatoms. The number of nitrogens with zero attached hydrogens (tertiary/aromatic N) is 1. The fourth-order valence-electron chi connectivity index (χ4n) is 2.66. The van der Waals surface area contributed by atoms with Crippen LogP contribution in [0.5, 0.6) is 5.75 Å². The fraction of sp³-hybridized carbons (Fsp3) is 0.100. The minimum Gasteiger partial charge on any atom is -0.872 e. The molecule has 0 aromatic heterocycles. The van der Waals surface area contributed by atoms with E-state index in [1.807, 2.05) is 54.6 Å². The molecular formula is C20H15K2NO3. The molecule has 0 saturated carbocycles. The van der Waals surface area contributed by atoms with E-state index in [0.29, 0.717) is 5.56 Å². The molecule has 0 saturated heterocycles. The van der Waals surface area contributed by atoms with Gasteiger partial charge < -0.3 is 15.0 Å². The zero-order chi connectivity index (χ0) is 16.9. The largest absolute Gasteiger partial charge is 1.00 e. The number of carboxylic acids is 1. The van der Waals surface area contributed by atoms with E-state index in [4.69, 9.17) is 0 Å². The number of carbonyl (C=O) groups excluding carboxylic acids is 1. The molecule has 3 aromatic carbocycles. The van der Waals surface area contributed by atoms with Crippen molar-refractivity contribution in [1.29, 1.82) is 0 Å². The van der Waals surface area contributed by atoms with Crippen LogP contribution in [0.2, 0.25) is 0 Å². The number of aliphatic imine (C=N–C) groups is 1. The first-order chi connectivity index (χ1) is 11.6. The van der Waals surface area contributed by atoms with Crippen molar-refractivity contribution >= 4 is 23.0 Å². The summed E-state index contributed by atoms with van der Waals surface area (Å²) in [4.78, 5) is 15.4. The van der Waals surface area contributed by atoms with Crippen LogP contribution in [0.15, 0.2) is 71.7 Å². The second-order valence-electron chi connectivity index (χ2n) is 5.48. The Hall–Kier alpha value is 0.133. The van der Waals surface area contributed by atoms with E-state index in [1.165, 1.54) is 12.3 Å². The van der Waals surface area contributed by atoms with Gasteiger partial charge in [0.2, 0.25) is 0 Å². The Balaban J connectivity index is 0.00000169. The summed E-state index contributed by atoms with van der Waals surface area (Å²) in [5, 5.41) is 25.0. The second-order valence-corrected chi connectivity index (χ2v) is 5.48. The third kappa shape index (κ3) is 6.34. The minimum atomic E-state index is -1.18. The summed E-state index contributed by atoms with van der Waals surface area (Å²) in [6.07, 6.45) is 1.24. The van der Waals surface area contributed by atoms with Crippen molar-refractivity contribution in [3.05, 3.63) is 77.9 Å². The number of rotatable bonds is 5. The Bertz CT molecular complexity index is 898. The maximum Gasteiger partial charge on any atom is 1.00 e. The number of carbonyl (C=O) groups is 1. The Morgan fingerprint density at radius 1 is 0.962 bits per heavy atom. The van der Waals surface area contributed by atoms with Crippen molar-refractivity contribution in [1.82, 2.24) is 0 Å². The second kappa shape index (κ2) is 11.9. The first kappa shape index (κ1) is 24.2. The molecule has 0 fully saturated rings. The van der Waals surface area contributed by atoms with Gasteiger partial charge in [-0.3, -0.25) is 4.99 Å². The van der Waals surface area contributed by atoms with Crippen LogP contribution in [-0.2, 0) is 4.79 Å². The number of fused-ring (bicyclic) bond motifs is 1. The summed E-state index contributed by atoms with van der Waals surface area (Å²) >= 11 is 0. The Morgan fingerprint density at radius 3 is 2.31 bits per heavy atom.